The molecule has 3 aromatic rings. The van der Waals surface area contributed by atoms with E-state index in [-0.39, 0.29) is 16.9 Å². The lowest BCUT2D eigenvalue weighted by Gasteiger charge is -2.22. The summed E-state index contributed by atoms with van der Waals surface area (Å²) >= 11 is 0. The lowest BCUT2D eigenvalue weighted by Crippen LogP contribution is -2.25. The van der Waals surface area contributed by atoms with Crippen molar-refractivity contribution in [3.05, 3.63) is 82.2 Å². The second kappa shape index (κ2) is 7.43. The van der Waals surface area contributed by atoms with E-state index in [2.05, 4.69) is 0 Å². The van der Waals surface area contributed by atoms with Gasteiger partial charge in [-0.1, -0.05) is 42.5 Å². The van der Waals surface area contributed by atoms with Crippen molar-refractivity contribution >= 4 is 5.97 Å². The van der Waals surface area contributed by atoms with Gasteiger partial charge in [0.05, 0.1) is 5.56 Å². The minimum Gasteiger partial charge on any atom is -0.456 e. The second-order valence-corrected chi connectivity index (χ2v) is 7.45. The molecule has 144 valence electrons. The first-order valence-electron chi connectivity index (χ1n) is 8.90. The summed E-state index contributed by atoms with van der Waals surface area (Å²) in [5, 5.41) is 0. The summed E-state index contributed by atoms with van der Waals surface area (Å²) in [6, 6.07) is 14.5. The Balaban J connectivity index is 2.37. The Hall–Kier alpha value is -3.21. The lowest BCUT2D eigenvalue weighted by molar-refractivity contribution is 0.00666. The zero-order valence-electron chi connectivity index (χ0n) is 16.2. The molecule has 4 nitrogen and oxygen atoms in total. The average Bonchev–Trinajstić information content (AvgIpc) is 2.61. The van der Waals surface area contributed by atoms with Gasteiger partial charge in [-0.05, 0) is 51.0 Å². The van der Waals surface area contributed by atoms with E-state index >= 15 is 0 Å². The molecule has 0 atom stereocenters. The van der Waals surface area contributed by atoms with E-state index in [1.165, 1.54) is 24.3 Å². The van der Waals surface area contributed by atoms with E-state index < -0.39 is 23.0 Å². The molecule has 0 aliphatic rings. The number of hydrogen-bond donors (Lipinski definition) is 0. The topological polar surface area (TPSA) is 56.5 Å². The summed E-state index contributed by atoms with van der Waals surface area (Å²) < 4.78 is 24.4. The van der Waals surface area contributed by atoms with Crippen LogP contribution >= 0.6 is 0 Å². The largest absolute Gasteiger partial charge is 0.456 e. The fraction of sp³-hybridized carbons (Fsp3) is 0.217. The third-order valence-electron chi connectivity index (χ3n) is 4.10. The fourth-order valence-corrected chi connectivity index (χ4v) is 2.99. The zero-order valence-corrected chi connectivity index (χ0v) is 16.2. The van der Waals surface area contributed by atoms with Crippen molar-refractivity contribution in [2.24, 2.45) is 0 Å². The molecule has 0 N–H and O–H groups in total. The van der Waals surface area contributed by atoms with E-state index in [9.17, 15) is 14.0 Å². The van der Waals surface area contributed by atoms with Gasteiger partial charge in [0.15, 0.2) is 0 Å². The first-order chi connectivity index (χ1) is 13.2. The van der Waals surface area contributed by atoms with Crippen molar-refractivity contribution in [1.82, 2.24) is 0 Å². The molecule has 1 aromatic heterocycles. The Morgan fingerprint density at radius 2 is 1.50 bits per heavy atom. The molecule has 28 heavy (non-hydrogen) atoms. The Labute approximate surface area is 162 Å². The van der Waals surface area contributed by atoms with Crippen LogP contribution in [0, 0.1) is 12.7 Å². The molecular formula is C23H21FO4. The molecule has 0 radical (unpaired) electrons. The van der Waals surface area contributed by atoms with Gasteiger partial charge in [-0.25, -0.2) is 14.0 Å². The van der Waals surface area contributed by atoms with Gasteiger partial charge in [0.1, 0.15) is 22.7 Å². The van der Waals surface area contributed by atoms with Gasteiger partial charge in [0, 0.05) is 5.56 Å². The van der Waals surface area contributed by atoms with Gasteiger partial charge in [-0.3, -0.25) is 0 Å². The van der Waals surface area contributed by atoms with E-state index in [0.717, 1.165) is 0 Å². The van der Waals surface area contributed by atoms with Crippen LogP contribution in [0.25, 0.3) is 22.3 Å². The molecule has 0 amide bonds. The monoisotopic (exact) mass is 380 g/mol. The Kier molecular flexibility index (Phi) is 5.18. The normalized spacial score (nSPS) is 11.3. The lowest BCUT2D eigenvalue weighted by atomic mass is 9.91. The van der Waals surface area contributed by atoms with Crippen LogP contribution in [0.15, 0.2) is 63.8 Å². The number of aryl methyl sites for hydroxylation is 1. The summed E-state index contributed by atoms with van der Waals surface area (Å²) in [5.74, 6) is -0.868. The highest BCUT2D eigenvalue weighted by Gasteiger charge is 2.28. The van der Waals surface area contributed by atoms with Gasteiger partial charge in [0.2, 0.25) is 0 Å². The van der Waals surface area contributed by atoms with Crippen LogP contribution in [-0.4, -0.2) is 11.6 Å². The predicted octanol–water partition coefficient (Wildman–Crippen LogP) is 5.38. The molecule has 0 fully saturated rings. The SMILES string of the molecule is Cc1oc(=O)c(-c2ccccc2)c(-c2ccc(F)cc2)c1C(=O)OC(C)(C)C. The maximum absolute atomic E-state index is 13.5. The molecule has 0 aliphatic carbocycles. The standard InChI is InChI=1S/C23H21FO4/c1-14-18(22(26)28-23(2,3)4)19(16-10-12-17(24)13-11-16)20(21(25)27-14)15-8-6-5-7-9-15/h5-13H,1-4H3. The number of hydrogen-bond acceptors (Lipinski definition) is 4. The molecule has 5 heteroatoms. The highest BCUT2D eigenvalue weighted by Crippen LogP contribution is 2.35. The maximum atomic E-state index is 13.5. The number of carbonyl (C=O) groups excluding carboxylic acids is 1. The van der Waals surface area contributed by atoms with Crippen LogP contribution in [-0.2, 0) is 4.74 Å². The van der Waals surface area contributed by atoms with Gasteiger partial charge in [-0.15, -0.1) is 0 Å². The van der Waals surface area contributed by atoms with Crippen molar-refractivity contribution in [2.45, 2.75) is 33.3 Å². The molecule has 0 saturated heterocycles. The van der Waals surface area contributed by atoms with Crippen molar-refractivity contribution in [3.63, 3.8) is 0 Å². The van der Waals surface area contributed by atoms with Crippen molar-refractivity contribution < 1.29 is 18.3 Å². The molecule has 0 saturated carbocycles. The number of carbonyl (C=O) groups is 1. The number of esters is 1. The molecule has 0 aliphatic heterocycles. The summed E-state index contributed by atoms with van der Waals surface area (Å²) in [5.41, 5.74) is 0.577. The van der Waals surface area contributed by atoms with Crippen LogP contribution in [0.1, 0.15) is 36.9 Å². The number of rotatable bonds is 3. The quantitative estimate of drug-likeness (QED) is 0.573. The van der Waals surface area contributed by atoms with E-state index in [1.54, 1.807) is 52.0 Å². The molecule has 1 heterocycles. The molecule has 0 unspecified atom stereocenters. The first-order valence-corrected chi connectivity index (χ1v) is 8.90. The van der Waals surface area contributed by atoms with Gasteiger partial charge < -0.3 is 9.15 Å². The van der Waals surface area contributed by atoms with Crippen molar-refractivity contribution in [1.29, 1.82) is 0 Å². The van der Waals surface area contributed by atoms with Gasteiger partial charge in [0.25, 0.3) is 0 Å². The Bertz CT molecular complexity index is 1060. The molecule has 3 rings (SSSR count). The molecule has 2 aromatic carbocycles. The summed E-state index contributed by atoms with van der Waals surface area (Å²) in [6.07, 6.45) is 0. The number of benzene rings is 2. The summed E-state index contributed by atoms with van der Waals surface area (Å²) in [4.78, 5) is 25.7. The summed E-state index contributed by atoms with van der Waals surface area (Å²) in [7, 11) is 0. The van der Waals surface area contributed by atoms with Crippen LogP contribution < -0.4 is 5.63 Å². The van der Waals surface area contributed by atoms with Gasteiger partial charge in [-0.2, -0.15) is 0 Å². The minimum atomic E-state index is -0.730. The minimum absolute atomic E-state index is 0.151. The highest BCUT2D eigenvalue weighted by atomic mass is 19.1. The molecule has 0 spiro atoms. The summed E-state index contributed by atoms with van der Waals surface area (Å²) in [6.45, 7) is 6.82. The van der Waals surface area contributed by atoms with Crippen LogP contribution in [0.2, 0.25) is 0 Å². The Morgan fingerprint density at radius 1 is 0.929 bits per heavy atom. The van der Waals surface area contributed by atoms with Crippen molar-refractivity contribution in [3.8, 4) is 22.3 Å². The highest BCUT2D eigenvalue weighted by molar-refractivity contribution is 6.02. The van der Waals surface area contributed by atoms with Crippen LogP contribution in [0.5, 0.6) is 0 Å². The Morgan fingerprint density at radius 3 is 2.07 bits per heavy atom. The third-order valence-corrected chi connectivity index (χ3v) is 4.10. The number of ether oxygens (including phenoxy) is 1. The average molecular weight is 380 g/mol. The maximum Gasteiger partial charge on any atom is 0.344 e. The molecule has 0 bridgehead atoms. The smallest absolute Gasteiger partial charge is 0.344 e. The van der Waals surface area contributed by atoms with Crippen LogP contribution in [0.3, 0.4) is 0 Å². The van der Waals surface area contributed by atoms with E-state index in [1.807, 2.05) is 6.07 Å². The second-order valence-electron chi connectivity index (χ2n) is 7.45. The van der Waals surface area contributed by atoms with Gasteiger partial charge >= 0.3 is 11.6 Å². The van der Waals surface area contributed by atoms with Crippen LogP contribution in [0.4, 0.5) is 4.39 Å². The zero-order chi connectivity index (χ0) is 20.5. The molecular weight excluding hydrogens is 359 g/mol. The fourth-order valence-electron chi connectivity index (χ4n) is 2.99. The van der Waals surface area contributed by atoms with E-state index in [4.69, 9.17) is 9.15 Å². The predicted molar refractivity (Wildman–Crippen MR) is 106 cm³/mol. The first kappa shape index (κ1) is 19.5. The van der Waals surface area contributed by atoms with Crippen molar-refractivity contribution in [2.75, 3.05) is 0 Å². The van der Waals surface area contributed by atoms with E-state index in [0.29, 0.717) is 16.7 Å². The third kappa shape index (κ3) is 4.03. The number of halogens is 1.